The topological polar surface area (TPSA) is 77.4 Å². The molecule has 0 aliphatic carbocycles. The van der Waals surface area contributed by atoms with E-state index in [1.54, 1.807) is 0 Å². The third-order valence-corrected chi connectivity index (χ3v) is 2.29. The molecule has 0 bridgehead atoms. The molecule has 1 N–H and O–H groups in total. The van der Waals surface area contributed by atoms with Crippen LogP contribution in [0.15, 0.2) is 23.1 Å². The maximum absolute atomic E-state index is 11.5. The Morgan fingerprint density at radius 1 is 1.39 bits per heavy atom. The highest BCUT2D eigenvalue weighted by molar-refractivity contribution is 5.88. The molecular weight excluding hydrogens is 236 g/mol. The van der Waals surface area contributed by atoms with Gasteiger partial charge in [-0.05, 0) is 12.5 Å². The fourth-order valence-corrected chi connectivity index (χ4v) is 1.37. The van der Waals surface area contributed by atoms with Crippen molar-refractivity contribution in [3.63, 3.8) is 0 Å². The molecule has 6 nitrogen and oxygen atoms in total. The highest BCUT2D eigenvalue weighted by atomic mass is 16.5. The van der Waals surface area contributed by atoms with Crippen molar-refractivity contribution in [2.45, 2.75) is 19.9 Å². The summed E-state index contributed by atoms with van der Waals surface area (Å²) < 4.78 is 5.72. The van der Waals surface area contributed by atoms with E-state index in [2.05, 4.69) is 10.1 Å². The van der Waals surface area contributed by atoms with Crippen LogP contribution in [-0.2, 0) is 16.1 Å². The van der Waals surface area contributed by atoms with Crippen molar-refractivity contribution in [1.82, 2.24) is 9.88 Å². The molecule has 0 unspecified atom stereocenters. The molecule has 1 amide bonds. The van der Waals surface area contributed by atoms with Gasteiger partial charge in [0.1, 0.15) is 6.54 Å². The van der Waals surface area contributed by atoms with E-state index >= 15 is 0 Å². The largest absolute Gasteiger partial charge is 0.465 e. The molecule has 0 aromatic carbocycles. The number of nitrogens with one attached hydrogen (secondary N) is 1. The number of rotatable bonds is 5. The Balaban J connectivity index is 2.84. The molecule has 0 saturated heterocycles. The summed E-state index contributed by atoms with van der Waals surface area (Å²) in [6.45, 7) is 2.39. The Labute approximate surface area is 105 Å². The highest BCUT2D eigenvalue weighted by Crippen LogP contribution is 1.98. The van der Waals surface area contributed by atoms with Gasteiger partial charge in [-0.3, -0.25) is 9.59 Å². The number of nitrogens with zero attached hydrogens (tertiary/aromatic N) is 1. The first kappa shape index (κ1) is 14.0. The molecule has 0 spiro atoms. The number of ether oxygens (including phenoxy) is 1. The van der Waals surface area contributed by atoms with Crippen LogP contribution in [0, 0.1) is 0 Å². The molecule has 0 atom stereocenters. The smallest absolute Gasteiger partial charge is 0.339 e. The summed E-state index contributed by atoms with van der Waals surface area (Å²) in [7, 11) is 1.26. The second kappa shape index (κ2) is 6.58. The molecule has 1 aromatic heterocycles. The van der Waals surface area contributed by atoms with Gasteiger partial charge >= 0.3 is 5.97 Å². The van der Waals surface area contributed by atoms with Gasteiger partial charge in [-0.2, -0.15) is 0 Å². The Hall–Kier alpha value is -2.11. The minimum atomic E-state index is -0.544. The lowest BCUT2D eigenvalue weighted by molar-refractivity contribution is -0.121. The molecule has 0 fully saturated rings. The van der Waals surface area contributed by atoms with Gasteiger partial charge in [-0.25, -0.2) is 4.79 Å². The molecule has 18 heavy (non-hydrogen) atoms. The van der Waals surface area contributed by atoms with Gasteiger partial charge in [0.05, 0.1) is 12.7 Å². The van der Waals surface area contributed by atoms with Crippen LogP contribution in [0.25, 0.3) is 0 Å². The lowest BCUT2D eigenvalue weighted by Crippen LogP contribution is -2.32. The number of pyridine rings is 1. The van der Waals surface area contributed by atoms with Crippen LogP contribution >= 0.6 is 0 Å². The zero-order valence-electron chi connectivity index (χ0n) is 10.4. The van der Waals surface area contributed by atoms with Crippen LogP contribution < -0.4 is 10.9 Å². The van der Waals surface area contributed by atoms with Gasteiger partial charge in [0.25, 0.3) is 5.56 Å². The van der Waals surface area contributed by atoms with Crippen molar-refractivity contribution in [2.75, 3.05) is 13.7 Å². The SMILES string of the molecule is CCCNC(=O)Cn1cc(C(=O)OC)ccc1=O. The Bertz CT molecular complexity index is 493. The molecule has 0 aliphatic heterocycles. The van der Waals surface area contributed by atoms with E-state index in [-0.39, 0.29) is 23.6 Å². The summed E-state index contributed by atoms with van der Waals surface area (Å²) >= 11 is 0. The van der Waals surface area contributed by atoms with Gasteiger partial charge in [0.15, 0.2) is 0 Å². The zero-order valence-corrected chi connectivity index (χ0v) is 10.4. The molecule has 0 aliphatic rings. The van der Waals surface area contributed by atoms with Crippen LogP contribution in [0.2, 0.25) is 0 Å². The number of aromatic nitrogens is 1. The Kier molecular flexibility index (Phi) is 5.10. The van der Waals surface area contributed by atoms with E-state index in [0.717, 1.165) is 6.42 Å². The van der Waals surface area contributed by atoms with Crippen molar-refractivity contribution in [2.24, 2.45) is 0 Å². The van der Waals surface area contributed by atoms with Gasteiger partial charge in [-0.15, -0.1) is 0 Å². The lowest BCUT2D eigenvalue weighted by atomic mass is 10.3. The van der Waals surface area contributed by atoms with E-state index < -0.39 is 5.97 Å². The second-order valence-corrected chi connectivity index (χ2v) is 3.73. The Morgan fingerprint density at radius 2 is 2.11 bits per heavy atom. The maximum Gasteiger partial charge on any atom is 0.339 e. The van der Waals surface area contributed by atoms with Crippen molar-refractivity contribution in [3.8, 4) is 0 Å². The van der Waals surface area contributed by atoms with Gasteiger partial charge in [-0.1, -0.05) is 6.92 Å². The minimum absolute atomic E-state index is 0.107. The van der Waals surface area contributed by atoms with E-state index in [1.165, 1.54) is 30.0 Å². The first-order valence-electron chi connectivity index (χ1n) is 5.64. The average molecular weight is 252 g/mol. The summed E-state index contributed by atoms with van der Waals surface area (Å²) in [4.78, 5) is 34.3. The fourth-order valence-electron chi connectivity index (χ4n) is 1.37. The van der Waals surface area contributed by atoms with E-state index in [0.29, 0.717) is 6.54 Å². The number of esters is 1. The normalized spacial score (nSPS) is 9.89. The molecule has 98 valence electrons. The van der Waals surface area contributed by atoms with Crippen LogP contribution in [0.3, 0.4) is 0 Å². The maximum atomic E-state index is 11.5. The van der Waals surface area contributed by atoms with Gasteiger partial charge in [0, 0.05) is 18.8 Å². The second-order valence-electron chi connectivity index (χ2n) is 3.73. The first-order chi connectivity index (χ1) is 8.58. The average Bonchev–Trinajstić information content (AvgIpc) is 2.38. The summed E-state index contributed by atoms with van der Waals surface area (Å²) in [5.41, 5.74) is -0.102. The van der Waals surface area contributed by atoms with E-state index in [1.807, 2.05) is 6.92 Å². The lowest BCUT2D eigenvalue weighted by Gasteiger charge is -2.07. The molecule has 0 saturated carbocycles. The number of carbonyl (C=O) groups is 2. The number of carbonyl (C=O) groups excluding carboxylic acids is 2. The van der Waals surface area contributed by atoms with Crippen LogP contribution in [-0.4, -0.2) is 30.1 Å². The highest BCUT2D eigenvalue weighted by Gasteiger charge is 2.09. The molecule has 0 radical (unpaired) electrons. The quantitative estimate of drug-likeness (QED) is 0.757. The number of hydrogen-bond donors (Lipinski definition) is 1. The van der Waals surface area contributed by atoms with Gasteiger partial charge < -0.3 is 14.6 Å². The fraction of sp³-hybridized carbons (Fsp3) is 0.417. The zero-order chi connectivity index (χ0) is 13.5. The Morgan fingerprint density at radius 3 is 2.72 bits per heavy atom. The van der Waals surface area contributed by atoms with E-state index in [9.17, 15) is 14.4 Å². The van der Waals surface area contributed by atoms with Crippen molar-refractivity contribution < 1.29 is 14.3 Å². The number of amides is 1. The number of hydrogen-bond acceptors (Lipinski definition) is 4. The van der Waals surface area contributed by atoms with Gasteiger partial charge in [0.2, 0.25) is 5.91 Å². The predicted octanol–water partition coefficient (Wildman–Crippen LogP) is 0.161. The molecule has 6 heteroatoms. The summed E-state index contributed by atoms with van der Waals surface area (Å²) in [6, 6.07) is 2.61. The third-order valence-electron chi connectivity index (χ3n) is 2.29. The summed E-state index contributed by atoms with van der Waals surface area (Å²) in [5.74, 6) is -0.807. The van der Waals surface area contributed by atoms with Crippen LogP contribution in [0.1, 0.15) is 23.7 Å². The minimum Gasteiger partial charge on any atom is -0.465 e. The van der Waals surface area contributed by atoms with E-state index in [4.69, 9.17) is 0 Å². The van der Waals surface area contributed by atoms with Crippen molar-refractivity contribution >= 4 is 11.9 Å². The first-order valence-corrected chi connectivity index (χ1v) is 5.64. The monoisotopic (exact) mass is 252 g/mol. The standard InChI is InChI=1S/C12H16N2O4/c1-3-6-13-10(15)8-14-7-9(12(17)18-2)4-5-11(14)16/h4-5,7H,3,6,8H2,1-2H3,(H,13,15). The van der Waals surface area contributed by atoms with Crippen molar-refractivity contribution in [1.29, 1.82) is 0 Å². The summed E-state index contributed by atoms with van der Waals surface area (Å²) in [5, 5.41) is 2.66. The number of methoxy groups -OCH3 is 1. The molecule has 1 rings (SSSR count). The third kappa shape index (κ3) is 3.73. The van der Waals surface area contributed by atoms with Crippen LogP contribution in [0.4, 0.5) is 0 Å². The predicted molar refractivity (Wildman–Crippen MR) is 65.3 cm³/mol. The molecular formula is C12H16N2O4. The van der Waals surface area contributed by atoms with Crippen LogP contribution in [0.5, 0.6) is 0 Å². The molecule has 1 heterocycles. The van der Waals surface area contributed by atoms with Crippen molar-refractivity contribution in [3.05, 3.63) is 34.2 Å². The summed E-state index contributed by atoms with van der Waals surface area (Å²) in [6.07, 6.45) is 2.14. The molecule has 1 aromatic rings.